The van der Waals surface area contributed by atoms with E-state index >= 15 is 0 Å². The number of aryl methyl sites for hydroxylation is 2. The molecule has 0 spiro atoms. The largest absolute Gasteiger partial charge is 0.309 e. The van der Waals surface area contributed by atoms with Gasteiger partial charge in [-0.05, 0) is 41.8 Å². The highest BCUT2D eigenvalue weighted by Crippen LogP contribution is 2.20. The van der Waals surface area contributed by atoms with Crippen LogP contribution in [-0.2, 0) is 13.1 Å². The van der Waals surface area contributed by atoms with Crippen LogP contribution < -0.4 is 5.32 Å². The molecular formula is C13H25ClN4. The fourth-order valence-electron chi connectivity index (χ4n) is 1.68. The molecule has 104 valence electrons. The minimum Gasteiger partial charge on any atom is -0.309 e. The van der Waals surface area contributed by atoms with Crippen LogP contribution in [0.5, 0.6) is 0 Å². The van der Waals surface area contributed by atoms with Gasteiger partial charge in [-0.15, -0.1) is 0 Å². The van der Waals surface area contributed by atoms with Crippen LogP contribution in [0.2, 0.25) is 5.02 Å². The van der Waals surface area contributed by atoms with Crippen LogP contribution in [0, 0.1) is 6.92 Å². The monoisotopic (exact) mass is 272 g/mol. The Hall–Kier alpha value is -0.580. The topological polar surface area (TPSA) is 33.1 Å². The Morgan fingerprint density at radius 2 is 2.00 bits per heavy atom. The minimum atomic E-state index is 0.124. The first kappa shape index (κ1) is 15.5. The van der Waals surface area contributed by atoms with E-state index in [9.17, 15) is 0 Å². The molecule has 0 saturated carbocycles. The zero-order chi connectivity index (χ0) is 13.9. The number of nitrogens with zero attached hydrogens (tertiary/aromatic N) is 3. The van der Waals surface area contributed by atoms with Gasteiger partial charge in [-0.2, -0.15) is 5.10 Å². The van der Waals surface area contributed by atoms with Crippen LogP contribution in [0.4, 0.5) is 0 Å². The van der Waals surface area contributed by atoms with Crippen molar-refractivity contribution in [2.24, 2.45) is 0 Å². The van der Waals surface area contributed by atoms with Crippen molar-refractivity contribution in [2.75, 3.05) is 20.6 Å². The van der Waals surface area contributed by atoms with E-state index in [4.69, 9.17) is 11.6 Å². The van der Waals surface area contributed by atoms with Crippen molar-refractivity contribution in [3.05, 3.63) is 16.4 Å². The SMILES string of the molecule is CCn1nc(C)c(Cl)c1CNCC(C)(C)N(C)C. The Morgan fingerprint density at radius 1 is 1.39 bits per heavy atom. The summed E-state index contributed by atoms with van der Waals surface area (Å²) in [5.74, 6) is 0. The third-order valence-electron chi connectivity index (χ3n) is 3.51. The molecule has 0 bridgehead atoms. The van der Waals surface area contributed by atoms with E-state index in [1.807, 2.05) is 11.6 Å². The number of halogens is 1. The summed E-state index contributed by atoms with van der Waals surface area (Å²) in [5.41, 5.74) is 2.10. The highest BCUT2D eigenvalue weighted by atomic mass is 35.5. The van der Waals surface area contributed by atoms with E-state index in [0.29, 0.717) is 0 Å². The number of aromatic nitrogens is 2. The van der Waals surface area contributed by atoms with Crippen LogP contribution in [-0.4, -0.2) is 40.9 Å². The predicted molar refractivity (Wildman–Crippen MR) is 77.1 cm³/mol. The van der Waals surface area contributed by atoms with Crippen LogP contribution in [0.15, 0.2) is 0 Å². The quantitative estimate of drug-likeness (QED) is 0.863. The van der Waals surface area contributed by atoms with Crippen LogP contribution in [0.3, 0.4) is 0 Å². The molecule has 0 fully saturated rings. The summed E-state index contributed by atoms with van der Waals surface area (Å²) in [4.78, 5) is 2.21. The zero-order valence-corrected chi connectivity index (χ0v) is 13.1. The zero-order valence-electron chi connectivity index (χ0n) is 12.3. The van der Waals surface area contributed by atoms with Crippen LogP contribution in [0.25, 0.3) is 0 Å². The van der Waals surface area contributed by atoms with Gasteiger partial charge in [0.2, 0.25) is 0 Å². The van der Waals surface area contributed by atoms with Crippen molar-refractivity contribution in [3.8, 4) is 0 Å². The lowest BCUT2D eigenvalue weighted by atomic mass is 10.0. The first-order valence-electron chi connectivity index (χ1n) is 6.39. The first-order chi connectivity index (χ1) is 8.29. The number of hydrogen-bond donors (Lipinski definition) is 1. The molecule has 0 unspecified atom stereocenters. The van der Waals surface area contributed by atoms with E-state index in [1.54, 1.807) is 0 Å². The molecule has 0 amide bonds. The lowest BCUT2D eigenvalue weighted by Crippen LogP contribution is -2.46. The molecule has 1 N–H and O–H groups in total. The maximum atomic E-state index is 6.27. The standard InChI is InChI=1S/C13H25ClN4/c1-7-18-11(12(14)10(2)16-18)8-15-9-13(3,4)17(5)6/h15H,7-9H2,1-6H3. The number of nitrogens with one attached hydrogen (secondary N) is 1. The Labute approximate surface area is 115 Å². The average Bonchev–Trinajstić information content (AvgIpc) is 2.56. The van der Waals surface area contributed by atoms with Gasteiger partial charge in [-0.25, -0.2) is 0 Å². The van der Waals surface area contributed by atoms with Gasteiger partial charge in [0, 0.05) is 25.2 Å². The van der Waals surface area contributed by atoms with E-state index in [0.717, 1.165) is 36.0 Å². The second-order valence-electron chi connectivity index (χ2n) is 5.47. The van der Waals surface area contributed by atoms with Crippen molar-refractivity contribution in [1.82, 2.24) is 20.0 Å². The highest BCUT2D eigenvalue weighted by Gasteiger charge is 2.20. The van der Waals surface area contributed by atoms with Gasteiger partial charge >= 0.3 is 0 Å². The molecule has 0 atom stereocenters. The number of rotatable bonds is 6. The Balaban J connectivity index is 2.64. The lowest BCUT2D eigenvalue weighted by molar-refractivity contribution is 0.189. The van der Waals surface area contributed by atoms with Crippen molar-refractivity contribution >= 4 is 11.6 Å². The van der Waals surface area contributed by atoms with Crippen molar-refractivity contribution in [2.45, 2.75) is 46.3 Å². The van der Waals surface area contributed by atoms with Gasteiger partial charge in [-0.3, -0.25) is 4.68 Å². The summed E-state index contributed by atoms with van der Waals surface area (Å²) in [7, 11) is 4.18. The molecular weight excluding hydrogens is 248 g/mol. The fourth-order valence-corrected chi connectivity index (χ4v) is 1.88. The molecule has 0 aliphatic heterocycles. The minimum absolute atomic E-state index is 0.124. The number of likely N-dealkylation sites (N-methyl/N-ethyl adjacent to an activating group) is 1. The molecule has 0 radical (unpaired) electrons. The highest BCUT2D eigenvalue weighted by molar-refractivity contribution is 6.31. The van der Waals surface area contributed by atoms with Gasteiger partial charge < -0.3 is 10.2 Å². The smallest absolute Gasteiger partial charge is 0.0860 e. The van der Waals surface area contributed by atoms with Crippen molar-refractivity contribution in [3.63, 3.8) is 0 Å². The third-order valence-corrected chi connectivity index (χ3v) is 4.01. The van der Waals surface area contributed by atoms with Gasteiger partial charge in [-0.1, -0.05) is 11.6 Å². The number of hydrogen-bond acceptors (Lipinski definition) is 3. The summed E-state index contributed by atoms with van der Waals surface area (Å²) in [5, 5.41) is 8.66. The molecule has 1 aromatic heterocycles. The Kier molecular flexibility index (Phi) is 5.20. The molecule has 1 aromatic rings. The van der Waals surface area contributed by atoms with E-state index < -0.39 is 0 Å². The molecule has 5 heteroatoms. The van der Waals surface area contributed by atoms with Crippen LogP contribution >= 0.6 is 11.6 Å². The van der Waals surface area contributed by atoms with E-state index in [-0.39, 0.29) is 5.54 Å². The van der Waals surface area contributed by atoms with Crippen LogP contribution in [0.1, 0.15) is 32.2 Å². The average molecular weight is 273 g/mol. The Bertz CT molecular complexity index is 396. The summed E-state index contributed by atoms with van der Waals surface area (Å²) >= 11 is 6.27. The normalized spacial score (nSPS) is 12.4. The van der Waals surface area contributed by atoms with E-state index in [1.165, 1.54) is 0 Å². The maximum Gasteiger partial charge on any atom is 0.0860 e. The predicted octanol–water partition coefficient (Wildman–Crippen LogP) is 2.29. The first-order valence-corrected chi connectivity index (χ1v) is 6.77. The Morgan fingerprint density at radius 3 is 2.50 bits per heavy atom. The molecule has 0 aromatic carbocycles. The van der Waals surface area contributed by atoms with Gasteiger partial charge in [0.15, 0.2) is 0 Å². The molecule has 0 saturated heterocycles. The van der Waals surface area contributed by atoms with Gasteiger partial charge in [0.1, 0.15) is 0 Å². The second-order valence-corrected chi connectivity index (χ2v) is 5.85. The molecule has 4 nitrogen and oxygen atoms in total. The second kappa shape index (κ2) is 6.04. The summed E-state index contributed by atoms with van der Waals surface area (Å²) in [6.45, 7) is 11.0. The molecule has 0 aliphatic rings. The molecule has 1 rings (SSSR count). The molecule has 1 heterocycles. The fraction of sp³-hybridized carbons (Fsp3) is 0.769. The van der Waals surface area contributed by atoms with Gasteiger partial charge in [0.25, 0.3) is 0 Å². The molecule has 18 heavy (non-hydrogen) atoms. The lowest BCUT2D eigenvalue weighted by Gasteiger charge is -2.32. The molecule has 0 aliphatic carbocycles. The maximum absolute atomic E-state index is 6.27. The van der Waals surface area contributed by atoms with Crippen molar-refractivity contribution in [1.29, 1.82) is 0 Å². The van der Waals surface area contributed by atoms with Crippen molar-refractivity contribution < 1.29 is 0 Å². The summed E-state index contributed by atoms with van der Waals surface area (Å²) < 4.78 is 1.97. The van der Waals surface area contributed by atoms with E-state index in [2.05, 4.69) is 50.2 Å². The summed E-state index contributed by atoms with van der Waals surface area (Å²) in [6.07, 6.45) is 0. The summed E-state index contributed by atoms with van der Waals surface area (Å²) in [6, 6.07) is 0. The third kappa shape index (κ3) is 3.46. The van der Waals surface area contributed by atoms with Gasteiger partial charge in [0.05, 0.1) is 16.4 Å².